The standard InChI is InChI=1S/C8H14N4OS/c1-4(2)5(3)10-6(13)7-11-12-8(9)14-7/h4-5H,1-3H3,(H2,9,12)(H,10,13). The van der Waals surface area contributed by atoms with Gasteiger partial charge >= 0.3 is 0 Å². The lowest BCUT2D eigenvalue weighted by molar-refractivity contribution is 0.0929. The van der Waals surface area contributed by atoms with Crippen molar-refractivity contribution in [2.24, 2.45) is 5.92 Å². The number of hydrogen-bond acceptors (Lipinski definition) is 5. The number of nitrogens with zero attached hydrogens (tertiary/aromatic N) is 2. The maximum Gasteiger partial charge on any atom is 0.282 e. The Morgan fingerprint density at radius 2 is 2.07 bits per heavy atom. The summed E-state index contributed by atoms with van der Waals surface area (Å²) in [5.41, 5.74) is 5.37. The highest BCUT2D eigenvalue weighted by atomic mass is 32.1. The number of anilines is 1. The molecule has 0 radical (unpaired) electrons. The van der Waals surface area contributed by atoms with Gasteiger partial charge < -0.3 is 11.1 Å². The normalized spacial score (nSPS) is 12.9. The van der Waals surface area contributed by atoms with Crippen molar-refractivity contribution in [2.45, 2.75) is 26.8 Å². The first-order chi connectivity index (χ1) is 6.50. The number of nitrogen functional groups attached to an aromatic ring is 1. The molecule has 0 aliphatic rings. The van der Waals surface area contributed by atoms with Gasteiger partial charge in [0.25, 0.3) is 5.91 Å². The zero-order valence-electron chi connectivity index (χ0n) is 8.44. The Kier molecular flexibility index (Phi) is 3.40. The number of nitrogens with one attached hydrogen (secondary N) is 1. The van der Waals surface area contributed by atoms with Crippen LogP contribution in [0.4, 0.5) is 5.13 Å². The van der Waals surface area contributed by atoms with Gasteiger partial charge in [0, 0.05) is 6.04 Å². The summed E-state index contributed by atoms with van der Waals surface area (Å²) >= 11 is 1.09. The number of rotatable bonds is 3. The molecule has 78 valence electrons. The highest BCUT2D eigenvalue weighted by molar-refractivity contribution is 7.16. The van der Waals surface area contributed by atoms with Gasteiger partial charge in [-0.1, -0.05) is 25.2 Å². The second-order valence-electron chi connectivity index (χ2n) is 3.45. The molecule has 1 unspecified atom stereocenters. The van der Waals surface area contributed by atoms with Crippen molar-refractivity contribution in [3.8, 4) is 0 Å². The maximum atomic E-state index is 11.5. The van der Waals surface area contributed by atoms with Crippen LogP contribution in [0.2, 0.25) is 0 Å². The average Bonchev–Trinajstić information content (AvgIpc) is 2.51. The van der Waals surface area contributed by atoms with Gasteiger partial charge in [0.15, 0.2) is 0 Å². The van der Waals surface area contributed by atoms with Gasteiger partial charge in [-0.2, -0.15) is 0 Å². The third kappa shape index (κ3) is 2.66. The smallest absolute Gasteiger partial charge is 0.282 e. The largest absolute Gasteiger partial charge is 0.374 e. The highest BCUT2D eigenvalue weighted by Crippen LogP contribution is 2.11. The molecular weight excluding hydrogens is 200 g/mol. The summed E-state index contributed by atoms with van der Waals surface area (Å²) in [5.74, 6) is 0.185. The van der Waals surface area contributed by atoms with Crippen LogP contribution < -0.4 is 11.1 Å². The van der Waals surface area contributed by atoms with Crippen molar-refractivity contribution < 1.29 is 4.79 Å². The van der Waals surface area contributed by atoms with Crippen LogP contribution >= 0.6 is 11.3 Å². The van der Waals surface area contributed by atoms with E-state index in [-0.39, 0.29) is 11.9 Å². The minimum Gasteiger partial charge on any atom is -0.374 e. The number of nitrogens with two attached hydrogens (primary N) is 1. The Bertz CT molecular complexity index is 323. The lowest BCUT2D eigenvalue weighted by Crippen LogP contribution is -2.36. The van der Waals surface area contributed by atoms with Crippen LogP contribution in [-0.4, -0.2) is 22.1 Å². The second-order valence-corrected chi connectivity index (χ2v) is 4.46. The van der Waals surface area contributed by atoms with Gasteiger partial charge in [0.05, 0.1) is 0 Å². The van der Waals surface area contributed by atoms with Crippen molar-refractivity contribution in [1.82, 2.24) is 15.5 Å². The fraction of sp³-hybridized carbons (Fsp3) is 0.625. The van der Waals surface area contributed by atoms with Crippen LogP contribution in [0, 0.1) is 5.92 Å². The summed E-state index contributed by atoms with van der Waals surface area (Å²) in [7, 11) is 0. The molecule has 0 fully saturated rings. The Morgan fingerprint density at radius 1 is 1.43 bits per heavy atom. The quantitative estimate of drug-likeness (QED) is 0.783. The van der Waals surface area contributed by atoms with Crippen molar-refractivity contribution in [3.63, 3.8) is 0 Å². The summed E-state index contributed by atoms with van der Waals surface area (Å²) < 4.78 is 0. The fourth-order valence-electron chi connectivity index (χ4n) is 0.762. The molecule has 0 bridgehead atoms. The van der Waals surface area contributed by atoms with Gasteiger partial charge in [-0.3, -0.25) is 4.79 Å². The molecule has 14 heavy (non-hydrogen) atoms. The van der Waals surface area contributed by atoms with Gasteiger partial charge in [-0.05, 0) is 12.8 Å². The molecule has 1 rings (SSSR count). The second kappa shape index (κ2) is 4.36. The van der Waals surface area contributed by atoms with Crippen LogP contribution in [0.1, 0.15) is 30.6 Å². The van der Waals surface area contributed by atoms with E-state index in [0.717, 1.165) is 11.3 Å². The van der Waals surface area contributed by atoms with E-state index in [1.165, 1.54) is 0 Å². The van der Waals surface area contributed by atoms with Crippen molar-refractivity contribution in [1.29, 1.82) is 0 Å². The zero-order valence-corrected chi connectivity index (χ0v) is 9.26. The summed E-state index contributed by atoms with van der Waals surface area (Å²) in [6.45, 7) is 6.03. The number of carbonyl (C=O) groups is 1. The topological polar surface area (TPSA) is 80.9 Å². The number of amides is 1. The molecule has 0 saturated heterocycles. The van der Waals surface area contributed by atoms with E-state index >= 15 is 0 Å². The molecule has 0 aromatic carbocycles. The van der Waals surface area contributed by atoms with Crippen LogP contribution in [0.5, 0.6) is 0 Å². The molecule has 1 amide bonds. The van der Waals surface area contributed by atoms with Crippen molar-refractivity contribution in [3.05, 3.63) is 5.01 Å². The summed E-state index contributed by atoms with van der Waals surface area (Å²) in [5, 5.41) is 10.7. The van der Waals surface area contributed by atoms with Crippen molar-refractivity contribution in [2.75, 3.05) is 5.73 Å². The minimum atomic E-state index is -0.208. The maximum absolute atomic E-state index is 11.5. The molecule has 5 nitrogen and oxygen atoms in total. The Morgan fingerprint density at radius 3 is 2.50 bits per heavy atom. The zero-order chi connectivity index (χ0) is 10.7. The van der Waals surface area contributed by atoms with E-state index in [9.17, 15) is 4.79 Å². The molecule has 0 aliphatic heterocycles. The number of hydrogen-bond donors (Lipinski definition) is 2. The van der Waals surface area contributed by atoms with Crippen LogP contribution in [0.15, 0.2) is 0 Å². The lowest BCUT2D eigenvalue weighted by atomic mass is 10.1. The Labute approximate surface area is 86.7 Å². The van der Waals surface area contributed by atoms with Crippen molar-refractivity contribution >= 4 is 22.4 Å². The van der Waals surface area contributed by atoms with Gasteiger partial charge in [-0.25, -0.2) is 0 Å². The number of carbonyl (C=O) groups excluding carboxylic acids is 1. The molecule has 1 heterocycles. The van der Waals surface area contributed by atoms with E-state index in [1.54, 1.807) is 0 Å². The van der Waals surface area contributed by atoms with Gasteiger partial charge in [-0.15, -0.1) is 10.2 Å². The van der Waals surface area contributed by atoms with E-state index in [4.69, 9.17) is 5.73 Å². The number of aromatic nitrogens is 2. The van der Waals surface area contributed by atoms with E-state index in [2.05, 4.69) is 15.5 Å². The van der Waals surface area contributed by atoms with E-state index in [0.29, 0.717) is 16.1 Å². The average molecular weight is 214 g/mol. The summed E-state index contributed by atoms with van der Waals surface area (Å²) in [6, 6.07) is 0.118. The molecule has 1 aromatic rings. The molecule has 3 N–H and O–H groups in total. The molecule has 0 saturated carbocycles. The third-order valence-corrected chi connectivity index (χ3v) is 2.74. The van der Waals surface area contributed by atoms with E-state index in [1.807, 2.05) is 20.8 Å². The van der Waals surface area contributed by atoms with Gasteiger partial charge in [0.2, 0.25) is 10.1 Å². The van der Waals surface area contributed by atoms with E-state index < -0.39 is 0 Å². The summed E-state index contributed by atoms with van der Waals surface area (Å²) in [6.07, 6.45) is 0. The van der Waals surface area contributed by atoms with Crippen LogP contribution in [0.3, 0.4) is 0 Å². The Balaban J connectivity index is 2.59. The third-order valence-electron chi connectivity index (χ3n) is 1.99. The first-order valence-corrected chi connectivity index (χ1v) is 5.22. The predicted molar refractivity (Wildman–Crippen MR) is 56.1 cm³/mol. The lowest BCUT2D eigenvalue weighted by Gasteiger charge is -2.15. The van der Waals surface area contributed by atoms with Crippen LogP contribution in [0.25, 0.3) is 0 Å². The fourth-order valence-corrected chi connectivity index (χ4v) is 1.27. The Hall–Kier alpha value is -1.17. The molecule has 0 aliphatic carbocycles. The first kappa shape index (κ1) is 10.9. The summed E-state index contributed by atoms with van der Waals surface area (Å²) in [4.78, 5) is 11.5. The molecule has 1 atom stereocenters. The predicted octanol–water partition coefficient (Wildman–Crippen LogP) is 0.895. The highest BCUT2D eigenvalue weighted by Gasteiger charge is 2.15. The first-order valence-electron chi connectivity index (χ1n) is 4.40. The molecular formula is C8H14N4OS. The molecule has 1 aromatic heterocycles. The molecule has 6 heteroatoms. The van der Waals surface area contributed by atoms with Gasteiger partial charge in [0.1, 0.15) is 0 Å². The SMILES string of the molecule is CC(C)C(C)NC(=O)c1nnc(N)s1. The molecule has 0 spiro atoms. The van der Waals surface area contributed by atoms with Crippen LogP contribution in [-0.2, 0) is 0 Å². The monoisotopic (exact) mass is 214 g/mol. The minimum absolute atomic E-state index is 0.118.